The number of aromatic amines is 1. The first kappa shape index (κ1) is 9.90. The molecule has 0 spiro atoms. The van der Waals surface area contributed by atoms with Gasteiger partial charge in [0, 0.05) is 17.1 Å². The molecule has 84 valence electrons. The summed E-state index contributed by atoms with van der Waals surface area (Å²) in [5.41, 5.74) is 0.971. The zero-order valence-electron chi connectivity index (χ0n) is 8.98. The summed E-state index contributed by atoms with van der Waals surface area (Å²) in [6, 6.07) is 13.9. The maximum Gasteiger partial charge on any atom is 0.165 e. The second kappa shape index (κ2) is 3.94. The van der Waals surface area contributed by atoms with Gasteiger partial charge in [0.2, 0.25) is 0 Å². The molecule has 0 fully saturated rings. The van der Waals surface area contributed by atoms with Crippen LogP contribution in [-0.2, 0) is 0 Å². The summed E-state index contributed by atoms with van der Waals surface area (Å²) in [7, 11) is 0. The Morgan fingerprint density at radius 1 is 0.882 bits per heavy atom. The van der Waals surface area contributed by atoms with Crippen LogP contribution < -0.4 is 4.74 Å². The van der Waals surface area contributed by atoms with Crippen molar-refractivity contribution in [3.05, 3.63) is 60.5 Å². The summed E-state index contributed by atoms with van der Waals surface area (Å²) in [5.74, 6) is 0.523. The lowest BCUT2D eigenvalue weighted by Gasteiger charge is -2.07. The predicted molar refractivity (Wildman–Crippen MR) is 64.8 cm³/mol. The number of ether oxygens (including phenoxy) is 1. The van der Waals surface area contributed by atoms with Crippen molar-refractivity contribution in [2.45, 2.75) is 0 Å². The van der Waals surface area contributed by atoms with Gasteiger partial charge in [-0.2, -0.15) is 0 Å². The van der Waals surface area contributed by atoms with Gasteiger partial charge in [0.1, 0.15) is 5.75 Å². The molecule has 3 aromatic rings. The Labute approximate surface area is 97.7 Å². The van der Waals surface area contributed by atoms with Crippen LogP contribution in [0, 0.1) is 5.82 Å². The summed E-state index contributed by atoms with van der Waals surface area (Å²) in [4.78, 5) is 3.09. The first-order valence-corrected chi connectivity index (χ1v) is 5.33. The van der Waals surface area contributed by atoms with Gasteiger partial charge in [-0.3, -0.25) is 0 Å². The van der Waals surface area contributed by atoms with Gasteiger partial charge in [-0.25, -0.2) is 4.39 Å². The summed E-state index contributed by atoms with van der Waals surface area (Å²) in [6.07, 6.45) is 1.83. The van der Waals surface area contributed by atoms with E-state index in [1.165, 1.54) is 6.07 Å². The highest BCUT2D eigenvalue weighted by atomic mass is 19.1. The summed E-state index contributed by atoms with van der Waals surface area (Å²) >= 11 is 0. The molecule has 0 aliphatic heterocycles. The van der Waals surface area contributed by atoms with Gasteiger partial charge < -0.3 is 9.72 Å². The Balaban J connectivity index is 2.06. The molecule has 17 heavy (non-hydrogen) atoms. The molecule has 0 saturated heterocycles. The Bertz CT molecular complexity index is 660. The van der Waals surface area contributed by atoms with Crippen molar-refractivity contribution in [1.82, 2.24) is 4.98 Å². The van der Waals surface area contributed by atoms with E-state index in [-0.39, 0.29) is 11.6 Å². The lowest BCUT2D eigenvalue weighted by Crippen LogP contribution is -1.87. The normalized spacial score (nSPS) is 10.6. The molecule has 3 heteroatoms. The molecule has 0 aliphatic rings. The fourth-order valence-electron chi connectivity index (χ4n) is 1.79. The van der Waals surface area contributed by atoms with E-state index in [4.69, 9.17) is 4.74 Å². The number of para-hydroxylation sites is 1. The van der Waals surface area contributed by atoms with Gasteiger partial charge in [0.15, 0.2) is 11.6 Å². The predicted octanol–water partition coefficient (Wildman–Crippen LogP) is 4.10. The maximum atomic E-state index is 13.5. The Kier molecular flexibility index (Phi) is 2.29. The molecule has 2 aromatic carbocycles. The minimum atomic E-state index is -0.361. The van der Waals surface area contributed by atoms with Gasteiger partial charge in [-0.15, -0.1) is 0 Å². The molecule has 3 rings (SSSR count). The van der Waals surface area contributed by atoms with Gasteiger partial charge in [-0.05, 0) is 30.3 Å². The van der Waals surface area contributed by atoms with Crippen LogP contribution in [0.1, 0.15) is 0 Å². The first-order chi connectivity index (χ1) is 8.34. The number of H-pyrrole nitrogens is 1. The number of nitrogens with one attached hydrogen (secondary N) is 1. The van der Waals surface area contributed by atoms with Crippen LogP contribution in [0.15, 0.2) is 54.7 Å². The molecule has 2 nitrogen and oxygen atoms in total. The quantitative estimate of drug-likeness (QED) is 0.700. The van der Waals surface area contributed by atoms with Crippen LogP contribution in [0.5, 0.6) is 11.5 Å². The van der Waals surface area contributed by atoms with Gasteiger partial charge in [0.05, 0.1) is 0 Å². The second-order valence-corrected chi connectivity index (χ2v) is 3.73. The molecule has 0 amide bonds. The zero-order valence-corrected chi connectivity index (χ0v) is 8.98. The average molecular weight is 227 g/mol. The lowest BCUT2D eigenvalue weighted by atomic mass is 10.2. The monoisotopic (exact) mass is 227 g/mol. The number of hydrogen-bond donors (Lipinski definition) is 1. The van der Waals surface area contributed by atoms with E-state index in [0.717, 1.165) is 10.9 Å². The fraction of sp³-hybridized carbons (Fsp3) is 0. The van der Waals surface area contributed by atoms with E-state index in [0.29, 0.717) is 5.75 Å². The summed E-state index contributed by atoms with van der Waals surface area (Å²) in [6.45, 7) is 0. The summed E-state index contributed by atoms with van der Waals surface area (Å²) < 4.78 is 19.1. The highest BCUT2D eigenvalue weighted by Crippen LogP contribution is 2.30. The molecule has 0 aliphatic carbocycles. The number of aromatic nitrogens is 1. The Morgan fingerprint density at radius 2 is 1.71 bits per heavy atom. The topological polar surface area (TPSA) is 25.0 Å². The van der Waals surface area contributed by atoms with Crippen LogP contribution in [0.25, 0.3) is 10.9 Å². The van der Waals surface area contributed by atoms with Gasteiger partial charge >= 0.3 is 0 Å². The second-order valence-electron chi connectivity index (χ2n) is 3.73. The highest BCUT2D eigenvalue weighted by Gasteiger charge is 2.06. The minimum Gasteiger partial charge on any atom is -0.454 e. The van der Waals surface area contributed by atoms with Crippen molar-refractivity contribution in [2.75, 3.05) is 0 Å². The number of fused-ring (bicyclic) bond motifs is 1. The number of hydrogen-bond acceptors (Lipinski definition) is 1. The molecular formula is C14H10FNO. The molecule has 1 heterocycles. The molecular weight excluding hydrogens is 217 g/mol. The third-order valence-electron chi connectivity index (χ3n) is 2.61. The maximum absolute atomic E-state index is 13.5. The van der Waals surface area contributed by atoms with E-state index >= 15 is 0 Å². The smallest absolute Gasteiger partial charge is 0.165 e. The van der Waals surface area contributed by atoms with E-state index < -0.39 is 0 Å². The van der Waals surface area contributed by atoms with Crippen LogP contribution in [0.2, 0.25) is 0 Å². The molecule has 0 atom stereocenters. The Morgan fingerprint density at radius 3 is 2.59 bits per heavy atom. The van der Waals surface area contributed by atoms with Crippen LogP contribution in [-0.4, -0.2) is 4.98 Å². The number of halogens is 1. The average Bonchev–Trinajstić information content (AvgIpc) is 2.81. The lowest BCUT2D eigenvalue weighted by molar-refractivity contribution is 0.446. The van der Waals surface area contributed by atoms with E-state index in [1.807, 2.05) is 30.5 Å². The molecule has 1 aromatic heterocycles. The third kappa shape index (κ3) is 1.76. The van der Waals surface area contributed by atoms with Crippen LogP contribution in [0.4, 0.5) is 4.39 Å². The highest BCUT2D eigenvalue weighted by molar-refractivity contribution is 5.85. The molecule has 0 bridgehead atoms. The Hall–Kier alpha value is -2.29. The van der Waals surface area contributed by atoms with E-state index in [2.05, 4.69) is 4.98 Å². The first-order valence-electron chi connectivity index (χ1n) is 5.33. The van der Waals surface area contributed by atoms with Crippen LogP contribution >= 0.6 is 0 Å². The van der Waals surface area contributed by atoms with Crippen molar-refractivity contribution in [3.8, 4) is 11.5 Å². The third-order valence-corrected chi connectivity index (χ3v) is 2.61. The van der Waals surface area contributed by atoms with Crippen molar-refractivity contribution in [3.63, 3.8) is 0 Å². The minimum absolute atomic E-state index is 0.237. The molecule has 1 N–H and O–H groups in total. The number of rotatable bonds is 2. The standard InChI is InChI=1S/C14H10FNO/c15-11-4-1-2-6-14(11)17-13-7-3-5-12-10(13)8-9-16-12/h1-9,16H. The van der Waals surface area contributed by atoms with Crippen molar-refractivity contribution >= 4 is 10.9 Å². The molecule has 0 saturated carbocycles. The van der Waals surface area contributed by atoms with E-state index in [1.54, 1.807) is 18.2 Å². The largest absolute Gasteiger partial charge is 0.454 e. The van der Waals surface area contributed by atoms with E-state index in [9.17, 15) is 4.39 Å². The van der Waals surface area contributed by atoms with Crippen LogP contribution in [0.3, 0.4) is 0 Å². The van der Waals surface area contributed by atoms with Crippen molar-refractivity contribution in [1.29, 1.82) is 0 Å². The van der Waals surface area contributed by atoms with Gasteiger partial charge in [0.25, 0.3) is 0 Å². The SMILES string of the molecule is Fc1ccccc1Oc1cccc2[nH]ccc12. The van der Waals surface area contributed by atoms with Crippen molar-refractivity contribution in [2.24, 2.45) is 0 Å². The van der Waals surface area contributed by atoms with Gasteiger partial charge in [-0.1, -0.05) is 18.2 Å². The number of benzene rings is 2. The summed E-state index contributed by atoms with van der Waals surface area (Å²) in [5, 5.41) is 0.941. The molecule has 0 unspecified atom stereocenters. The fourth-order valence-corrected chi connectivity index (χ4v) is 1.79. The van der Waals surface area contributed by atoms with Crippen molar-refractivity contribution < 1.29 is 9.13 Å². The zero-order chi connectivity index (χ0) is 11.7. The molecule has 0 radical (unpaired) electrons.